The van der Waals surface area contributed by atoms with Crippen LogP contribution in [0.5, 0.6) is 0 Å². The van der Waals surface area contributed by atoms with Crippen LogP contribution in [0.25, 0.3) is 0 Å². The van der Waals surface area contributed by atoms with Crippen LogP contribution in [0.4, 0.5) is 0 Å². The Morgan fingerprint density at radius 1 is 1.36 bits per heavy atom. The zero-order valence-corrected chi connectivity index (χ0v) is 9.61. The van der Waals surface area contributed by atoms with Crippen LogP contribution >= 0.6 is 0 Å². The van der Waals surface area contributed by atoms with Crippen LogP contribution in [-0.4, -0.2) is 49.7 Å². The predicted octanol–water partition coefficient (Wildman–Crippen LogP) is 0.838. The van der Waals surface area contributed by atoms with Gasteiger partial charge in [-0.25, -0.2) is 0 Å². The average Bonchev–Trinajstić information content (AvgIpc) is 2.06. The maximum Gasteiger partial charge on any atom is 0.300 e. The van der Waals surface area contributed by atoms with E-state index in [1.165, 1.54) is 4.90 Å². The molecule has 0 aromatic rings. The predicted molar refractivity (Wildman–Crippen MR) is 55.2 cm³/mol. The van der Waals surface area contributed by atoms with E-state index in [0.717, 1.165) is 26.5 Å². The third kappa shape index (κ3) is 127. The van der Waals surface area contributed by atoms with Gasteiger partial charge in [0.15, 0.2) is 0 Å². The summed E-state index contributed by atoms with van der Waals surface area (Å²) in [4.78, 5) is 19.9. The van der Waals surface area contributed by atoms with Crippen LogP contribution in [0.1, 0.15) is 20.8 Å². The number of hydrogen-bond acceptors (Lipinski definition) is 3. The average molecular weight is 207 g/mol. The molecule has 0 aromatic heterocycles. The summed E-state index contributed by atoms with van der Waals surface area (Å²) in [6, 6.07) is 0. The molecule has 0 bridgehead atoms. The van der Waals surface area contributed by atoms with Crippen molar-refractivity contribution in [2.75, 3.05) is 27.3 Å². The van der Waals surface area contributed by atoms with E-state index in [2.05, 4.69) is 0 Å². The van der Waals surface area contributed by atoms with Gasteiger partial charge in [-0.3, -0.25) is 9.59 Å². The van der Waals surface area contributed by atoms with Gasteiger partial charge < -0.3 is 14.7 Å². The van der Waals surface area contributed by atoms with Gasteiger partial charge >= 0.3 is 0 Å². The van der Waals surface area contributed by atoms with E-state index in [1.807, 2.05) is 13.8 Å². The highest BCUT2D eigenvalue weighted by atomic mass is 16.5. The van der Waals surface area contributed by atoms with Gasteiger partial charge in [-0.2, -0.15) is 0 Å². The Morgan fingerprint density at radius 3 is 1.57 bits per heavy atom. The Bertz CT molecular complexity index is 120. The molecule has 0 aliphatic rings. The van der Waals surface area contributed by atoms with Crippen molar-refractivity contribution in [3.63, 3.8) is 0 Å². The number of carbonyl (C=O) groups is 2. The van der Waals surface area contributed by atoms with Gasteiger partial charge in [0.1, 0.15) is 0 Å². The minimum Gasteiger partial charge on any atom is -0.481 e. The molecule has 0 unspecified atom stereocenters. The number of carboxylic acids is 1. The van der Waals surface area contributed by atoms with Crippen molar-refractivity contribution in [1.29, 1.82) is 0 Å². The molecule has 86 valence electrons. The molecular formula is C9H21NO4. The first-order valence-corrected chi connectivity index (χ1v) is 4.31. The molecular weight excluding hydrogens is 186 g/mol. The fourth-order valence-corrected chi connectivity index (χ4v) is 0.204. The standard InChI is InChI=1S/C4H10O.C3H7NO.C2H4O2/c1-3-5-4-2;1-4(2)3-5;1-2(3)4/h3-4H2,1-2H3;3H,1-2H3;1H3,(H,3,4). The summed E-state index contributed by atoms with van der Waals surface area (Å²) in [5.41, 5.74) is 0. The molecule has 0 aliphatic heterocycles. The van der Waals surface area contributed by atoms with Crippen LogP contribution < -0.4 is 0 Å². The Balaban J connectivity index is -0.000000131. The van der Waals surface area contributed by atoms with Gasteiger partial charge in [0.2, 0.25) is 6.41 Å². The topological polar surface area (TPSA) is 66.8 Å². The summed E-state index contributed by atoms with van der Waals surface area (Å²) < 4.78 is 4.83. The molecule has 0 aromatic carbocycles. The van der Waals surface area contributed by atoms with E-state index in [1.54, 1.807) is 14.1 Å². The first-order valence-electron chi connectivity index (χ1n) is 4.31. The molecule has 5 heteroatoms. The number of ether oxygens (including phenoxy) is 1. The monoisotopic (exact) mass is 207 g/mol. The van der Waals surface area contributed by atoms with Gasteiger partial charge in [-0.15, -0.1) is 0 Å². The number of carbonyl (C=O) groups excluding carboxylic acids is 1. The van der Waals surface area contributed by atoms with Gasteiger partial charge in [0, 0.05) is 34.2 Å². The van der Waals surface area contributed by atoms with Crippen molar-refractivity contribution >= 4 is 12.4 Å². The second-order valence-corrected chi connectivity index (χ2v) is 2.37. The summed E-state index contributed by atoms with van der Waals surface area (Å²) in [5, 5.41) is 7.42. The van der Waals surface area contributed by atoms with E-state index >= 15 is 0 Å². The number of amides is 1. The first-order chi connectivity index (χ1) is 6.42. The number of aliphatic carboxylic acids is 1. The highest BCUT2D eigenvalue weighted by Gasteiger charge is 1.68. The normalized spacial score (nSPS) is 7.21. The fraction of sp³-hybridized carbons (Fsp3) is 0.778. The lowest BCUT2D eigenvalue weighted by Crippen LogP contribution is -2.06. The molecule has 0 heterocycles. The van der Waals surface area contributed by atoms with Crippen molar-refractivity contribution in [3.8, 4) is 0 Å². The second kappa shape index (κ2) is 17.8. The van der Waals surface area contributed by atoms with Crippen LogP contribution in [0.15, 0.2) is 0 Å². The third-order valence-corrected chi connectivity index (χ3v) is 0.619. The molecule has 0 radical (unpaired) electrons. The Morgan fingerprint density at radius 2 is 1.57 bits per heavy atom. The molecule has 0 saturated heterocycles. The van der Waals surface area contributed by atoms with Gasteiger partial charge in [0.05, 0.1) is 0 Å². The Hall–Kier alpha value is -1.10. The molecule has 0 fully saturated rings. The molecule has 0 saturated carbocycles. The van der Waals surface area contributed by atoms with E-state index in [-0.39, 0.29) is 0 Å². The molecule has 5 nitrogen and oxygen atoms in total. The summed E-state index contributed by atoms with van der Waals surface area (Å²) in [7, 11) is 3.38. The SMILES string of the molecule is CC(=O)O.CCOCC.CN(C)C=O. The molecule has 1 N–H and O–H groups in total. The summed E-state index contributed by atoms with van der Waals surface area (Å²) in [6.07, 6.45) is 0.750. The van der Waals surface area contributed by atoms with E-state index in [9.17, 15) is 4.79 Å². The Kier molecular flexibility index (Phi) is 23.8. The number of rotatable bonds is 3. The van der Waals surface area contributed by atoms with E-state index in [4.69, 9.17) is 14.6 Å². The number of nitrogens with zero attached hydrogens (tertiary/aromatic N) is 1. The summed E-state index contributed by atoms with van der Waals surface area (Å²) >= 11 is 0. The third-order valence-electron chi connectivity index (χ3n) is 0.619. The van der Waals surface area contributed by atoms with E-state index in [0.29, 0.717) is 0 Å². The van der Waals surface area contributed by atoms with E-state index < -0.39 is 5.97 Å². The van der Waals surface area contributed by atoms with Crippen molar-refractivity contribution in [2.24, 2.45) is 0 Å². The van der Waals surface area contributed by atoms with Gasteiger partial charge in [-0.05, 0) is 13.8 Å². The quantitative estimate of drug-likeness (QED) is 0.696. The fourth-order valence-electron chi connectivity index (χ4n) is 0.204. The molecule has 0 rings (SSSR count). The largest absolute Gasteiger partial charge is 0.481 e. The maximum absolute atomic E-state index is 9.43. The second-order valence-electron chi connectivity index (χ2n) is 2.37. The lowest BCUT2D eigenvalue weighted by molar-refractivity contribution is -0.134. The molecule has 0 aliphatic carbocycles. The van der Waals surface area contributed by atoms with Crippen molar-refractivity contribution < 1.29 is 19.4 Å². The van der Waals surface area contributed by atoms with Crippen LogP contribution in [0.3, 0.4) is 0 Å². The van der Waals surface area contributed by atoms with Crippen molar-refractivity contribution in [3.05, 3.63) is 0 Å². The van der Waals surface area contributed by atoms with Gasteiger partial charge in [0.25, 0.3) is 5.97 Å². The van der Waals surface area contributed by atoms with Crippen LogP contribution in [0.2, 0.25) is 0 Å². The minimum atomic E-state index is -0.833. The lowest BCUT2D eigenvalue weighted by Gasteiger charge is -1.93. The summed E-state index contributed by atoms with van der Waals surface area (Å²) in [6.45, 7) is 6.75. The zero-order chi connectivity index (χ0) is 12.0. The van der Waals surface area contributed by atoms with Gasteiger partial charge in [-0.1, -0.05) is 0 Å². The molecule has 1 amide bonds. The van der Waals surface area contributed by atoms with Crippen molar-refractivity contribution in [1.82, 2.24) is 4.90 Å². The zero-order valence-electron chi connectivity index (χ0n) is 9.61. The highest BCUT2D eigenvalue weighted by molar-refractivity contribution is 5.62. The molecule has 14 heavy (non-hydrogen) atoms. The van der Waals surface area contributed by atoms with Crippen molar-refractivity contribution in [2.45, 2.75) is 20.8 Å². The molecule has 0 atom stereocenters. The maximum atomic E-state index is 9.43. The first kappa shape index (κ1) is 18.6. The molecule has 0 spiro atoms. The lowest BCUT2D eigenvalue weighted by atomic mass is 10.8. The minimum absolute atomic E-state index is 0.750. The number of hydrogen-bond donors (Lipinski definition) is 1. The Labute approximate surface area is 85.7 Å². The summed E-state index contributed by atoms with van der Waals surface area (Å²) in [5.74, 6) is -0.833. The van der Waals surface area contributed by atoms with Crippen LogP contribution in [0, 0.1) is 0 Å². The smallest absolute Gasteiger partial charge is 0.300 e. The number of carboxylic acid groups (broad SMARTS) is 1. The highest BCUT2D eigenvalue weighted by Crippen LogP contribution is 1.64. The van der Waals surface area contributed by atoms with Crippen LogP contribution in [-0.2, 0) is 14.3 Å².